The highest BCUT2D eigenvalue weighted by molar-refractivity contribution is 6.46. The van der Waals surface area contributed by atoms with E-state index in [0.717, 1.165) is 6.42 Å². The third-order valence-corrected chi connectivity index (χ3v) is 5.44. The van der Waals surface area contributed by atoms with Gasteiger partial charge in [0, 0.05) is 22.8 Å². The molecule has 1 unspecified atom stereocenters. The van der Waals surface area contributed by atoms with Crippen LogP contribution in [0.25, 0.3) is 5.76 Å². The van der Waals surface area contributed by atoms with Gasteiger partial charge in [-0.3, -0.25) is 9.59 Å². The van der Waals surface area contributed by atoms with Crippen LogP contribution in [0.2, 0.25) is 0 Å². The number of likely N-dealkylation sites (tertiary alicyclic amines) is 1. The number of nitrogens with one attached hydrogen (secondary N) is 1. The molecule has 168 valence electrons. The fraction of sp³-hybridized carbons (Fsp3) is 0.192. The summed E-state index contributed by atoms with van der Waals surface area (Å²) >= 11 is 0. The van der Waals surface area contributed by atoms with Gasteiger partial charge >= 0.3 is 0 Å². The Balaban J connectivity index is 1.80. The average Bonchev–Trinajstić information content (AvgIpc) is 3.08. The number of rotatable bonds is 7. The molecule has 1 saturated heterocycles. The van der Waals surface area contributed by atoms with Crippen LogP contribution in [0, 0.1) is 5.82 Å². The first kappa shape index (κ1) is 22.2. The summed E-state index contributed by atoms with van der Waals surface area (Å²) in [5.74, 6) is -2.35. The minimum atomic E-state index is -1.13. The first-order valence-electron chi connectivity index (χ1n) is 10.7. The fourth-order valence-corrected chi connectivity index (χ4v) is 3.86. The second kappa shape index (κ2) is 9.65. The van der Waals surface area contributed by atoms with Crippen molar-refractivity contribution in [3.63, 3.8) is 0 Å². The molecule has 3 aromatic rings. The van der Waals surface area contributed by atoms with E-state index < -0.39 is 29.3 Å². The van der Waals surface area contributed by atoms with Gasteiger partial charge in [0.05, 0.1) is 19.2 Å². The molecule has 1 aliphatic heterocycles. The maximum atomic E-state index is 14.8. The number of benzene rings is 2. The van der Waals surface area contributed by atoms with Gasteiger partial charge in [-0.25, -0.2) is 9.37 Å². The Labute approximate surface area is 191 Å². The van der Waals surface area contributed by atoms with E-state index in [1.807, 2.05) is 6.92 Å². The van der Waals surface area contributed by atoms with Crippen molar-refractivity contribution in [3.05, 3.63) is 101 Å². The molecule has 2 aromatic carbocycles. The number of pyridine rings is 1. The third kappa shape index (κ3) is 4.48. The molecule has 0 radical (unpaired) electrons. The van der Waals surface area contributed by atoms with E-state index in [2.05, 4.69) is 4.98 Å². The molecule has 2 heterocycles. The Morgan fingerprint density at radius 3 is 2.52 bits per heavy atom. The second-order valence-electron chi connectivity index (χ2n) is 7.71. The number of halogens is 1. The van der Waals surface area contributed by atoms with Crippen molar-refractivity contribution < 1.29 is 28.8 Å². The van der Waals surface area contributed by atoms with E-state index in [1.165, 1.54) is 23.1 Å². The number of aromatic nitrogens is 1. The van der Waals surface area contributed by atoms with E-state index in [1.54, 1.807) is 54.9 Å². The van der Waals surface area contributed by atoms with Crippen LogP contribution in [0.3, 0.4) is 0 Å². The van der Waals surface area contributed by atoms with Crippen LogP contribution in [0.4, 0.5) is 4.39 Å². The Hall–Kier alpha value is -4.00. The van der Waals surface area contributed by atoms with Gasteiger partial charge in [-0.2, -0.15) is 0 Å². The van der Waals surface area contributed by atoms with Crippen molar-refractivity contribution in [1.82, 2.24) is 4.90 Å². The molecule has 1 N–H and O–H groups in total. The molecule has 1 aliphatic rings. The number of hydrogen-bond donors (Lipinski definition) is 0. The van der Waals surface area contributed by atoms with Crippen LogP contribution in [-0.4, -0.2) is 23.2 Å². The fourth-order valence-electron chi connectivity index (χ4n) is 3.86. The number of carbonyl (C=O) groups is 2. The summed E-state index contributed by atoms with van der Waals surface area (Å²) in [5, 5.41) is 13.4. The zero-order valence-electron chi connectivity index (χ0n) is 18.1. The molecule has 0 saturated carbocycles. The van der Waals surface area contributed by atoms with Crippen LogP contribution in [0.1, 0.15) is 36.1 Å². The lowest BCUT2D eigenvalue weighted by Gasteiger charge is -2.27. The van der Waals surface area contributed by atoms with Gasteiger partial charge in [0.15, 0.2) is 12.4 Å². The molecular formula is C26H23FN2O4. The molecule has 7 heteroatoms. The van der Waals surface area contributed by atoms with Crippen molar-refractivity contribution in [2.24, 2.45) is 0 Å². The topological polar surface area (TPSA) is 83.8 Å². The van der Waals surface area contributed by atoms with Gasteiger partial charge in [-0.1, -0.05) is 43.0 Å². The summed E-state index contributed by atoms with van der Waals surface area (Å²) in [5.41, 5.74) is 0.785. The van der Waals surface area contributed by atoms with Crippen molar-refractivity contribution in [3.8, 4) is 5.75 Å². The third-order valence-electron chi connectivity index (χ3n) is 5.44. The number of ketones is 1. The summed E-state index contributed by atoms with van der Waals surface area (Å²) in [4.78, 5) is 30.2. The summed E-state index contributed by atoms with van der Waals surface area (Å²) in [6.07, 6.45) is 4.24. The number of amides is 1. The van der Waals surface area contributed by atoms with Gasteiger partial charge in [0.1, 0.15) is 11.6 Å². The number of aromatic amines is 1. The van der Waals surface area contributed by atoms with E-state index in [9.17, 15) is 19.1 Å². The monoisotopic (exact) mass is 446 g/mol. The maximum Gasteiger partial charge on any atom is 0.295 e. The van der Waals surface area contributed by atoms with Crippen LogP contribution in [0.5, 0.6) is 5.75 Å². The molecule has 4 rings (SSSR count). The lowest BCUT2D eigenvalue weighted by molar-refractivity contribution is -0.378. The van der Waals surface area contributed by atoms with E-state index in [-0.39, 0.29) is 23.2 Å². The zero-order valence-corrected chi connectivity index (χ0v) is 18.1. The van der Waals surface area contributed by atoms with E-state index in [4.69, 9.17) is 4.74 Å². The molecule has 0 bridgehead atoms. The van der Waals surface area contributed by atoms with Crippen LogP contribution in [0.15, 0.2) is 78.6 Å². The molecule has 1 atom stereocenters. The van der Waals surface area contributed by atoms with Crippen LogP contribution in [-0.2, 0) is 16.1 Å². The summed E-state index contributed by atoms with van der Waals surface area (Å²) in [6.45, 7) is 2.57. The Morgan fingerprint density at radius 2 is 1.85 bits per heavy atom. The predicted octanol–water partition coefficient (Wildman–Crippen LogP) is 2.85. The van der Waals surface area contributed by atoms with Crippen LogP contribution < -0.4 is 14.8 Å². The number of ether oxygens (including phenoxy) is 1. The molecule has 33 heavy (non-hydrogen) atoms. The average molecular weight is 446 g/mol. The van der Waals surface area contributed by atoms with Gasteiger partial charge in [-0.15, -0.1) is 0 Å². The quantitative estimate of drug-likeness (QED) is 0.317. The Morgan fingerprint density at radius 1 is 1.09 bits per heavy atom. The standard InChI is InChI=1S/C26H23FN2O4/c1-2-14-33-19-11-9-18(10-12-19)24(30)22-23(20-7-3-4-8-21(20)27)29(26(32)25(22)31)16-17-6-5-13-28-15-17/h3-13,15,23,30H,2,14,16H2,1H3. The highest BCUT2D eigenvalue weighted by Gasteiger charge is 2.45. The van der Waals surface area contributed by atoms with Crippen molar-refractivity contribution >= 4 is 17.4 Å². The van der Waals surface area contributed by atoms with Gasteiger partial charge in [-0.05, 0) is 36.2 Å². The van der Waals surface area contributed by atoms with E-state index >= 15 is 0 Å². The van der Waals surface area contributed by atoms with Crippen molar-refractivity contribution in [2.45, 2.75) is 25.9 Å². The molecular weight excluding hydrogens is 423 g/mol. The first-order valence-corrected chi connectivity index (χ1v) is 10.7. The normalized spacial score (nSPS) is 17.4. The van der Waals surface area contributed by atoms with Gasteiger partial charge in [0.25, 0.3) is 5.91 Å². The number of Topliss-reactive ketones (excluding diaryl/α,β-unsaturated/α-hetero) is 1. The van der Waals surface area contributed by atoms with Crippen molar-refractivity contribution in [1.29, 1.82) is 0 Å². The largest absolute Gasteiger partial charge is 0.872 e. The highest BCUT2D eigenvalue weighted by atomic mass is 19.1. The summed E-state index contributed by atoms with van der Waals surface area (Å²) < 4.78 is 20.4. The lowest BCUT2D eigenvalue weighted by Crippen LogP contribution is -2.30. The molecule has 1 amide bonds. The number of carbonyl (C=O) groups excluding carboxylic acids is 2. The predicted molar refractivity (Wildman–Crippen MR) is 117 cm³/mol. The highest BCUT2D eigenvalue weighted by Crippen LogP contribution is 2.40. The second-order valence-corrected chi connectivity index (χ2v) is 7.71. The number of nitrogens with zero attached hydrogens (tertiary/aromatic N) is 1. The minimum Gasteiger partial charge on any atom is -0.872 e. The zero-order chi connectivity index (χ0) is 23.4. The van der Waals surface area contributed by atoms with E-state index in [0.29, 0.717) is 17.9 Å². The lowest BCUT2D eigenvalue weighted by atomic mass is 9.94. The maximum absolute atomic E-state index is 14.8. The molecule has 6 nitrogen and oxygen atoms in total. The minimum absolute atomic E-state index is 0.0431. The van der Waals surface area contributed by atoms with Crippen molar-refractivity contribution in [2.75, 3.05) is 6.61 Å². The molecule has 0 spiro atoms. The number of hydrogen-bond acceptors (Lipinski definition) is 4. The van der Waals surface area contributed by atoms with Crippen LogP contribution >= 0.6 is 0 Å². The molecule has 1 aromatic heterocycles. The Bertz CT molecular complexity index is 1190. The smallest absolute Gasteiger partial charge is 0.295 e. The summed E-state index contributed by atoms with van der Waals surface area (Å²) in [7, 11) is 0. The SMILES string of the molecule is CCCOc1ccc(C([O-])=C2C(=O)C(=O)N(Cc3ccc[nH+]c3)C2c2ccccc2F)cc1. The Kier molecular flexibility index (Phi) is 6.49. The first-order chi connectivity index (χ1) is 16.0. The molecule has 0 aliphatic carbocycles. The summed E-state index contributed by atoms with van der Waals surface area (Å²) in [6, 6.07) is 14.7. The van der Waals surface area contributed by atoms with Gasteiger partial charge in [0.2, 0.25) is 5.78 Å². The number of H-pyrrole nitrogens is 1. The van der Waals surface area contributed by atoms with Gasteiger partial charge < -0.3 is 14.7 Å². The molecule has 1 fully saturated rings.